The predicted octanol–water partition coefficient (Wildman–Crippen LogP) is 1.38. The van der Waals surface area contributed by atoms with Gasteiger partial charge in [-0.05, 0) is 19.1 Å². The predicted molar refractivity (Wildman–Crippen MR) is 105 cm³/mol. The van der Waals surface area contributed by atoms with Crippen LogP contribution < -0.4 is 0 Å². The van der Waals surface area contributed by atoms with Crippen LogP contribution in [0.2, 0.25) is 0 Å². The summed E-state index contributed by atoms with van der Waals surface area (Å²) in [5.74, 6) is 0. The molecule has 1 aromatic rings. The van der Waals surface area contributed by atoms with Crippen molar-refractivity contribution in [2.75, 3.05) is 61.5 Å². The lowest BCUT2D eigenvalue weighted by Gasteiger charge is -2.25. The Balaban J connectivity index is 2.93. The van der Waals surface area contributed by atoms with Gasteiger partial charge in [-0.25, -0.2) is 4.18 Å². The fraction of sp³-hybridized carbons (Fsp3) is 0.684. The summed E-state index contributed by atoms with van der Waals surface area (Å²) in [5.41, 5.74) is 0.933. The highest BCUT2D eigenvalue weighted by atomic mass is 32.2. The summed E-state index contributed by atoms with van der Waals surface area (Å²) in [4.78, 5) is 0.0251. The number of benzene rings is 1. The zero-order valence-electron chi connectivity index (χ0n) is 17.7. The smallest absolute Gasteiger partial charge is 0.299 e. The summed E-state index contributed by atoms with van der Waals surface area (Å²) < 4.78 is 62.5. The molecule has 10 heteroatoms. The first-order chi connectivity index (χ1) is 13.9. The van der Waals surface area contributed by atoms with Crippen LogP contribution in [0, 0.1) is 6.92 Å². The molecule has 0 aliphatic rings. The SMILES string of the molecule is COCC(COC)OCC(OC(COC)COC)OS(=O)(=O)c1ccc(C)cc1. The molecule has 0 aliphatic heterocycles. The number of rotatable bonds is 16. The number of aryl methyl sites for hydroxylation is 1. The standard InChI is InChI=1S/C19H32O9S/c1-15-6-8-18(9-7-15)29(20,21)28-19(27-17(12-24-4)13-25-5)14-26-16(10-22-2)11-23-3/h6-9,16-17,19H,10-14H2,1-5H3. The summed E-state index contributed by atoms with van der Waals surface area (Å²) in [6.07, 6.45) is -2.17. The van der Waals surface area contributed by atoms with E-state index in [0.717, 1.165) is 5.56 Å². The fourth-order valence-corrected chi connectivity index (χ4v) is 3.40. The van der Waals surface area contributed by atoms with E-state index in [4.69, 9.17) is 32.6 Å². The van der Waals surface area contributed by atoms with Crippen molar-refractivity contribution in [2.45, 2.75) is 30.3 Å². The van der Waals surface area contributed by atoms with Crippen LogP contribution in [-0.4, -0.2) is 88.4 Å². The van der Waals surface area contributed by atoms with Crippen molar-refractivity contribution in [2.24, 2.45) is 0 Å². The highest BCUT2D eigenvalue weighted by molar-refractivity contribution is 7.86. The monoisotopic (exact) mass is 436 g/mol. The molecule has 0 aliphatic carbocycles. The van der Waals surface area contributed by atoms with E-state index >= 15 is 0 Å². The third kappa shape index (κ3) is 9.96. The van der Waals surface area contributed by atoms with Crippen molar-refractivity contribution in [3.63, 3.8) is 0 Å². The minimum Gasteiger partial charge on any atom is -0.382 e. The Morgan fingerprint density at radius 3 is 1.72 bits per heavy atom. The normalized spacial score (nSPS) is 13.3. The first kappa shape index (κ1) is 25.9. The quantitative estimate of drug-likeness (QED) is 0.281. The molecule has 29 heavy (non-hydrogen) atoms. The van der Waals surface area contributed by atoms with Crippen molar-refractivity contribution in [3.8, 4) is 0 Å². The largest absolute Gasteiger partial charge is 0.382 e. The van der Waals surface area contributed by atoms with Gasteiger partial charge in [0.2, 0.25) is 0 Å². The molecule has 0 radical (unpaired) electrons. The van der Waals surface area contributed by atoms with Crippen LogP contribution in [0.5, 0.6) is 0 Å². The molecule has 0 saturated carbocycles. The second-order valence-corrected chi connectivity index (χ2v) is 7.90. The summed E-state index contributed by atoms with van der Waals surface area (Å²) in [6.45, 7) is 2.63. The molecular weight excluding hydrogens is 404 g/mol. The van der Waals surface area contributed by atoms with E-state index in [9.17, 15) is 8.42 Å². The Morgan fingerprint density at radius 2 is 1.24 bits per heavy atom. The van der Waals surface area contributed by atoms with Gasteiger partial charge in [0.1, 0.15) is 12.2 Å². The molecule has 1 atom stereocenters. The minimum atomic E-state index is -4.07. The first-order valence-electron chi connectivity index (χ1n) is 9.09. The Bertz CT molecular complexity index is 636. The van der Waals surface area contributed by atoms with Gasteiger partial charge in [0, 0.05) is 28.4 Å². The van der Waals surface area contributed by atoms with Gasteiger partial charge in [-0.3, -0.25) is 0 Å². The second-order valence-electron chi connectivity index (χ2n) is 6.33. The lowest BCUT2D eigenvalue weighted by molar-refractivity contribution is -0.184. The molecule has 0 N–H and O–H groups in total. The Labute approximate surface area is 173 Å². The zero-order chi connectivity index (χ0) is 21.7. The van der Waals surface area contributed by atoms with E-state index in [1.165, 1.54) is 40.6 Å². The molecule has 1 rings (SSSR count). The molecular formula is C19H32O9S. The van der Waals surface area contributed by atoms with Gasteiger partial charge in [-0.2, -0.15) is 8.42 Å². The first-order valence-corrected chi connectivity index (χ1v) is 10.5. The Kier molecular flexibility index (Phi) is 12.5. The van der Waals surface area contributed by atoms with E-state index in [1.54, 1.807) is 12.1 Å². The van der Waals surface area contributed by atoms with Crippen molar-refractivity contribution in [3.05, 3.63) is 29.8 Å². The number of ether oxygens (including phenoxy) is 6. The number of methoxy groups -OCH3 is 4. The Morgan fingerprint density at radius 1 is 0.759 bits per heavy atom. The van der Waals surface area contributed by atoms with Gasteiger partial charge in [-0.15, -0.1) is 0 Å². The van der Waals surface area contributed by atoms with Crippen LogP contribution >= 0.6 is 0 Å². The van der Waals surface area contributed by atoms with E-state index < -0.39 is 28.6 Å². The van der Waals surface area contributed by atoms with E-state index in [0.29, 0.717) is 0 Å². The third-order valence-electron chi connectivity index (χ3n) is 3.77. The van der Waals surface area contributed by atoms with Gasteiger partial charge in [0.05, 0.1) is 37.9 Å². The molecule has 0 spiro atoms. The van der Waals surface area contributed by atoms with Gasteiger partial charge >= 0.3 is 0 Å². The van der Waals surface area contributed by atoms with Crippen molar-refractivity contribution < 1.29 is 41.0 Å². The third-order valence-corrected chi connectivity index (χ3v) is 5.08. The van der Waals surface area contributed by atoms with E-state index in [-0.39, 0.29) is 37.9 Å². The van der Waals surface area contributed by atoms with Crippen LogP contribution in [-0.2, 0) is 42.7 Å². The second kappa shape index (κ2) is 14.0. The maximum atomic E-state index is 12.7. The topological polar surface area (TPSA) is 98.8 Å². The lowest BCUT2D eigenvalue weighted by atomic mass is 10.2. The molecule has 168 valence electrons. The molecule has 0 saturated heterocycles. The van der Waals surface area contributed by atoms with Gasteiger partial charge in [-0.1, -0.05) is 17.7 Å². The van der Waals surface area contributed by atoms with Crippen molar-refractivity contribution in [1.82, 2.24) is 0 Å². The highest BCUT2D eigenvalue weighted by Gasteiger charge is 2.27. The average molecular weight is 437 g/mol. The van der Waals surface area contributed by atoms with Crippen molar-refractivity contribution in [1.29, 1.82) is 0 Å². The zero-order valence-corrected chi connectivity index (χ0v) is 18.5. The minimum absolute atomic E-state index is 0.0251. The summed E-state index contributed by atoms with van der Waals surface area (Å²) >= 11 is 0. The van der Waals surface area contributed by atoms with Crippen LogP contribution in [0.3, 0.4) is 0 Å². The lowest BCUT2D eigenvalue weighted by Crippen LogP contribution is -2.37. The summed E-state index contributed by atoms with van der Waals surface area (Å²) in [7, 11) is 2.01. The molecule has 0 amide bonds. The highest BCUT2D eigenvalue weighted by Crippen LogP contribution is 2.17. The molecule has 1 aromatic carbocycles. The van der Waals surface area contributed by atoms with Crippen LogP contribution in [0.1, 0.15) is 5.56 Å². The molecule has 0 heterocycles. The maximum absolute atomic E-state index is 12.7. The molecule has 0 fully saturated rings. The van der Waals surface area contributed by atoms with Crippen LogP contribution in [0.15, 0.2) is 29.2 Å². The molecule has 0 aromatic heterocycles. The molecule has 0 bridgehead atoms. The van der Waals surface area contributed by atoms with Crippen LogP contribution in [0.4, 0.5) is 0 Å². The van der Waals surface area contributed by atoms with Gasteiger partial charge in [0.25, 0.3) is 10.1 Å². The van der Waals surface area contributed by atoms with Crippen LogP contribution in [0.25, 0.3) is 0 Å². The fourth-order valence-electron chi connectivity index (χ4n) is 2.44. The van der Waals surface area contributed by atoms with Crippen molar-refractivity contribution >= 4 is 10.1 Å². The van der Waals surface area contributed by atoms with E-state index in [2.05, 4.69) is 0 Å². The Hall–Kier alpha value is -1.11. The number of hydrogen-bond acceptors (Lipinski definition) is 9. The summed E-state index contributed by atoms with van der Waals surface area (Å²) in [5, 5.41) is 0. The number of hydrogen-bond donors (Lipinski definition) is 0. The van der Waals surface area contributed by atoms with Gasteiger partial charge < -0.3 is 28.4 Å². The molecule has 9 nitrogen and oxygen atoms in total. The average Bonchev–Trinajstić information content (AvgIpc) is 2.67. The maximum Gasteiger partial charge on any atom is 0.299 e. The molecule has 1 unspecified atom stereocenters. The summed E-state index contributed by atoms with van der Waals surface area (Å²) in [6, 6.07) is 6.33. The van der Waals surface area contributed by atoms with E-state index in [1.807, 2.05) is 6.92 Å². The van der Waals surface area contributed by atoms with Gasteiger partial charge in [0.15, 0.2) is 6.29 Å².